The highest BCUT2D eigenvalue weighted by atomic mass is 127. The standard InChI is InChI=1S/C22H37I/c1-4-5-6-7-8-9-10-11-12-13-14-17-20-18-15-16-19-21(20)22(2,3)23/h15-16,18-19H,4-14,17H2,1-3H3. The minimum atomic E-state index is 0.242. The van der Waals surface area contributed by atoms with E-state index in [1.54, 1.807) is 5.56 Å². The first kappa shape index (κ1) is 21.0. The van der Waals surface area contributed by atoms with Crippen LogP contribution < -0.4 is 0 Å². The minimum absolute atomic E-state index is 0.242. The van der Waals surface area contributed by atoms with E-state index in [1.807, 2.05) is 0 Å². The van der Waals surface area contributed by atoms with Crippen molar-refractivity contribution in [1.82, 2.24) is 0 Å². The summed E-state index contributed by atoms with van der Waals surface area (Å²) in [5.41, 5.74) is 3.08. The maximum absolute atomic E-state index is 2.56. The summed E-state index contributed by atoms with van der Waals surface area (Å²) in [4.78, 5) is 0. The minimum Gasteiger partial charge on any atom is -0.0743 e. The van der Waals surface area contributed by atoms with Crippen LogP contribution in [-0.4, -0.2) is 0 Å². The largest absolute Gasteiger partial charge is 0.0743 e. The number of halogens is 1. The quantitative estimate of drug-likeness (QED) is 0.169. The van der Waals surface area contributed by atoms with Crippen LogP contribution in [0.4, 0.5) is 0 Å². The lowest BCUT2D eigenvalue weighted by molar-refractivity contribution is 0.549. The van der Waals surface area contributed by atoms with Crippen LogP contribution in [0.15, 0.2) is 24.3 Å². The molecule has 0 spiro atoms. The van der Waals surface area contributed by atoms with Crippen molar-refractivity contribution < 1.29 is 0 Å². The van der Waals surface area contributed by atoms with Crippen LogP contribution >= 0.6 is 22.6 Å². The number of hydrogen-bond acceptors (Lipinski definition) is 0. The number of unbranched alkanes of at least 4 members (excludes halogenated alkanes) is 10. The van der Waals surface area contributed by atoms with Crippen molar-refractivity contribution in [3.05, 3.63) is 35.4 Å². The fourth-order valence-electron chi connectivity index (χ4n) is 3.30. The van der Waals surface area contributed by atoms with E-state index in [9.17, 15) is 0 Å². The Kier molecular flexibility index (Phi) is 11.3. The smallest absolute Gasteiger partial charge is 0.0416 e. The lowest BCUT2D eigenvalue weighted by atomic mass is 9.93. The fraction of sp³-hybridized carbons (Fsp3) is 0.727. The molecule has 0 heterocycles. The van der Waals surface area contributed by atoms with Crippen molar-refractivity contribution in [3.8, 4) is 0 Å². The van der Waals surface area contributed by atoms with Gasteiger partial charge in [-0.3, -0.25) is 0 Å². The Bertz CT molecular complexity index is 403. The molecular weight excluding hydrogens is 391 g/mol. The summed E-state index contributed by atoms with van der Waals surface area (Å²) in [6.07, 6.45) is 16.9. The van der Waals surface area contributed by atoms with E-state index in [0.717, 1.165) is 0 Å². The van der Waals surface area contributed by atoms with Crippen molar-refractivity contribution in [2.45, 2.75) is 101 Å². The molecule has 0 saturated carbocycles. The molecule has 1 heteroatoms. The molecule has 0 fully saturated rings. The van der Waals surface area contributed by atoms with E-state index in [1.165, 1.54) is 82.6 Å². The van der Waals surface area contributed by atoms with E-state index in [-0.39, 0.29) is 3.42 Å². The number of alkyl halides is 1. The summed E-state index contributed by atoms with van der Waals surface area (Å²) in [7, 11) is 0. The lowest BCUT2D eigenvalue weighted by Gasteiger charge is -2.21. The van der Waals surface area contributed by atoms with Gasteiger partial charge in [0.15, 0.2) is 0 Å². The zero-order valence-electron chi connectivity index (χ0n) is 15.7. The van der Waals surface area contributed by atoms with Gasteiger partial charge in [-0.05, 0) is 37.8 Å². The van der Waals surface area contributed by atoms with Crippen molar-refractivity contribution in [2.24, 2.45) is 0 Å². The van der Waals surface area contributed by atoms with Gasteiger partial charge < -0.3 is 0 Å². The molecule has 0 aliphatic rings. The molecule has 0 radical (unpaired) electrons. The molecule has 132 valence electrons. The van der Waals surface area contributed by atoms with Gasteiger partial charge in [-0.25, -0.2) is 0 Å². The van der Waals surface area contributed by atoms with E-state index in [0.29, 0.717) is 0 Å². The average Bonchev–Trinajstić information content (AvgIpc) is 2.52. The molecule has 0 amide bonds. The Morgan fingerprint density at radius 3 is 1.74 bits per heavy atom. The third-order valence-corrected chi connectivity index (χ3v) is 5.29. The van der Waals surface area contributed by atoms with Crippen LogP contribution in [0.2, 0.25) is 0 Å². The van der Waals surface area contributed by atoms with Gasteiger partial charge in [-0.1, -0.05) is 118 Å². The van der Waals surface area contributed by atoms with Gasteiger partial charge in [-0.2, -0.15) is 0 Å². The molecule has 0 unspecified atom stereocenters. The normalized spacial score (nSPS) is 11.8. The zero-order chi connectivity index (χ0) is 17.0. The zero-order valence-corrected chi connectivity index (χ0v) is 17.8. The van der Waals surface area contributed by atoms with Crippen LogP contribution in [0.1, 0.15) is 103 Å². The molecule has 1 aromatic rings. The van der Waals surface area contributed by atoms with Gasteiger partial charge in [0.1, 0.15) is 0 Å². The highest BCUT2D eigenvalue weighted by molar-refractivity contribution is 14.1. The highest BCUT2D eigenvalue weighted by Gasteiger charge is 2.18. The Morgan fingerprint density at radius 2 is 1.22 bits per heavy atom. The maximum Gasteiger partial charge on any atom is 0.0416 e. The van der Waals surface area contributed by atoms with Crippen molar-refractivity contribution >= 4 is 22.6 Å². The Balaban J connectivity index is 2.08. The summed E-state index contributed by atoms with van der Waals surface area (Å²) in [5, 5.41) is 0. The molecule has 23 heavy (non-hydrogen) atoms. The third-order valence-electron chi connectivity index (χ3n) is 4.71. The van der Waals surface area contributed by atoms with Crippen LogP contribution in [0.5, 0.6) is 0 Å². The molecule has 0 aromatic heterocycles. The second-order valence-corrected chi connectivity index (χ2v) is 10.1. The average molecular weight is 428 g/mol. The van der Waals surface area contributed by atoms with E-state index >= 15 is 0 Å². The number of rotatable bonds is 13. The van der Waals surface area contributed by atoms with Gasteiger partial charge in [0.25, 0.3) is 0 Å². The van der Waals surface area contributed by atoms with Gasteiger partial charge in [0, 0.05) is 3.42 Å². The molecule has 0 N–H and O–H groups in total. The summed E-state index contributed by atoms with van der Waals surface area (Å²) in [6.45, 7) is 6.92. The molecule has 0 aliphatic heterocycles. The number of hydrogen-bond donors (Lipinski definition) is 0. The Labute approximate surface area is 159 Å². The van der Waals surface area contributed by atoms with Gasteiger partial charge in [0.05, 0.1) is 0 Å². The lowest BCUT2D eigenvalue weighted by Crippen LogP contribution is -2.10. The van der Waals surface area contributed by atoms with E-state index in [2.05, 4.69) is 67.6 Å². The predicted octanol–water partition coefficient (Wildman–Crippen LogP) is 8.21. The third kappa shape index (κ3) is 9.74. The van der Waals surface area contributed by atoms with E-state index in [4.69, 9.17) is 0 Å². The topological polar surface area (TPSA) is 0 Å². The summed E-state index contributed by atoms with van der Waals surface area (Å²) < 4.78 is 0.242. The summed E-state index contributed by atoms with van der Waals surface area (Å²) >= 11 is 2.56. The first-order chi connectivity index (χ1) is 11.1. The van der Waals surface area contributed by atoms with Crippen molar-refractivity contribution in [1.29, 1.82) is 0 Å². The predicted molar refractivity (Wildman–Crippen MR) is 114 cm³/mol. The van der Waals surface area contributed by atoms with Crippen molar-refractivity contribution in [3.63, 3.8) is 0 Å². The van der Waals surface area contributed by atoms with Gasteiger partial charge in [-0.15, -0.1) is 0 Å². The van der Waals surface area contributed by atoms with Crippen molar-refractivity contribution in [2.75, 3.05) is 0 Å². The maximum atomic E-state index is 2.56. The molecule has 0 saturated heterocycles. The molecule has 0 bridgehead atoms. The Morgan fingerprint density at radius 1 is 0.739 bits per heavy atom. The van der Waals surface area contributed by atoms with Gasteiger partial charge in [0.2, 0.25) is 0 Å². The fourth-order valence-corrected chi connectivity index (χ4v) is 3.82. The first-order valence-corrected chi connectivity index (χ1v) is 10.9. The molecule has 0 nitrogen and oxygen atoms in total. The molecule has 1 aromatic carbocycles. The summed E-state index contributed by atoms with van der Waals surface area (Å²) in [6, 6.07) is 9.01. The Hall–Kier alpha value is -0.0500. The van der Waals surface area contributed by atoms with Crippen LogP contribution in [0.3, 0.4) is 0 Å². The summed E-state index contributed by atoms with van der Waals surface area (Å²) in [5.74, 6) is 0. The molecule has 0 atom stereocenters. The first-order valence-electron chi connectivity index (χ1n) is 9.83. The second kappa shape index (κ2) is 12.3. The number of benzene rings is 1. The molecule has 0 aliphatic carbocycles. The van der Waals surface area contributed by atoms with Gasteiger partial charge >= 0.3 is 0 Å². The SMILES string of the molecule is CCCCCCCCCCCCCc1ccccc1C(C)(C)I. The van der Waals surface area contributed by atoms with Crippen LogP contribution in [-0.2, 0) is 9.84 Å². The highest BCUT2D eigenvalue weighted by Crippen LogP contribution is 2.33. The number of aryl methyl sites for hydroxylation is 1. The molecular formula is C22H37I. The molecule has 1 rings (SSSR count). The van der Waals surface area contributed by atoms with E-state index < -0.39 is 0 Å². The van der Waals surface area contributed by atoms with Crippen LogP contribution in [0, 0.1) is 0 Å². The monoisotopic (exact) mass is 428 g/mol. The second-order valence-electron chi connectivity index (χ2n) is 7.42. The van der Waals surface area contributed by atoms with Crippen LogP contribution in [0.25, 0.3) is 0 Å².